The highest BCUT2D eigenvalue weighted by Gasteiger charge is 2.30. The van der Waals surface area contributed by atoms with Gasteiger partial charge in [-0.2, -0.15) is 5.10 Å². The maximum absolute atomic E-state index is 13.5. The van der Waals surface area contributed by atoms with Crippen LogP contribution in [-0.2, 0) is 6.42 Å². The number of rotatable bonds is 4. The van der Waals surface area contributed by atoms with E-state index in [-0.39, 0.29) is 0 Å². The topological polar surface area (TPSA) is 37.2 Å². The standard InChI is InChI=1S/C23H25F2N5/c1-16-7-17(9-21(8-16)29-6-5-28-4-2-3-20(28)14-29)10-23-26-15-30(27-23)22-12-18(24)11-19(25)13-22/h7-9,11-13,15,20H,2-6,10,14H2,1H3/t20-/m1/s1. The Labute approximate surface area is 174 Å². The molecule has 156 valence electrons. The van der Waals surface area contributed by atoms with Crippen LogP contribution in [0.5, 0.6) is 0 Å². The van der Waals surface area contributed by atoms with Gasteiger partial charge in [0.1, 0.15) is 18.0 Å². The Bertz CT molecular complexity index is 1040. The van der Waals surface area contributed by atoms with E-state index in [0.717, 1.165) is 31.3 Å². The molecule has 0 radical (unpaired) electrons. The third kappa shape index (κ3) is 3.94. The fraction of sp³-hybridized carbons (Fsp3) is 0.391. The number of anilines is 1. The predicted octanol–water partition coefficient (Wildman–Crippen LogP) is 3.73. The lowest BCUT2D eigenvalue weighted by molar-refractivity contribution is 0.231. The highest BCUT2D eigenvalue weighted by atomic mass is 19.1. The highest BCUT2D eigenvalue weighted by molar-refractivity contribution is 5.52. The van der Waals surface area contributed by atoms with Gasteiger partial charge in [0.2, 0.25) is 0 Å². The zero-order valence-electron chi connectivity index (χ0n) is 17.1. The molecule has 5 nitrogen and oxygen atoms in total. The van der Waals surface area contributed by atoms with Crippen molar-refractivity contribution in [2.24, 2.45) is 0 Å². The van der Waals surface area contributed by atoms with Crippen LogP contribution in [0.2, 0.25) is 0 Å². The lowest BCUT2D eigenvalue weighted by Crippen LogP contribution is -2.50. The Morgan fingerprint density at radius 2 is 1.80 bits per heavy atom. The Hall–Kier alpha value is -2.80. The molecule has 7 heteroatoms. The molecule has 30 heavy (non-hydrogen) atoms. The van der Waals surface area contributed by atoms with Crippen molar-refractivity contribution in [3.05, 3.63) is 71.3 Å². The molecule has 1 atom stereocenters. The van der Waals surface area contributed by atoms with Crippen LogP contribution in [0.15, 0.2) is 42.7 Å². The summed E-state index contributed by atoms with van der Waals surface area (Å²) in [7, 11) is 0. The summed E-state index contributed by atoms with van der Waals surface area (Å²) >= 11 is 0. The molecule has 2 aliphatic heterocycles. The summed E-state index contributed by atoms with van der Waals surface area (Å²) in [5.41, 5.74) is 3.93. The van der Waals surface area contributed by atoms with Gasteiger partial charge in [-0.1, -0.05) is 6.07 Å². The van der Waals surface area contributed by atoms with Gasteiger partial charge in [-0.15, -0.1) is 0 Å². The Morgan fingerprint density at radius 1 is 0.967 bits per heavy atom. The van der Waals surface area contributed by atoms with Gasteiger partial charge in [-0.05, 0) is 61.7 Å². The first-order chi connectivity index (χ1) is 14.5. The molecule has 2 aliphatic rings. The van der Waals surface area contributed by atoms with Crippen LogP contribution >= 0.6 is 0 Å². The van der Waals surface area contributed by atoms with E-state index in [1.54, 1.807) is 0 Å². The molecular weight excluding hydrogens is 384 g/mol. The molecule has 2 saturated heterocycles. The number of halogens is 2. The molecule has 0 unspecified atom stereocenters. The summed E-state index contributed by atoms with van der Waals surface area (Å²) in [5.74, 6) is -0.641. The largest absolute Gasteiger partial charge is 0.369 e. The van der Waals surface area contributed by atoms with Crippen molar-refractivity contribution < 1.29 is 8.78 Å². The minimum absolute atomic E-state index is 0.325. The molecule has 5 rings (SSSR count). The van der Waals surface area contributed by atoms with E-state index in [4.69, 9.17) is 0 Å². The molecule has 0 spiro atoms. The summed E-state index contributed by atoms with van der Waals surface area (Å²) in [6, 6.07) is 10.6. The predicted molar refractivity (Wildman–Crippen MR) is 112 cm³/mol. The third-order valence-electron chi connectivity index (χ3n) is 6.09. The van der Waals surface area contributed by atoms with E-state index in [9.17, 15) is 8.78 Å². The third-order valence-corrected chi connectivity index (χ3v) is 6.09. The molecule has 3 heterocycles. The van der Waals surface area contributed by atoms with E-state index >= 15 is 0 Å². The van der Waals surface area contributed by atoms with Gasteiger partial charge >= 0.3 is 0 Å². The first-order valence-corrected chi connectivity index (χ1v) is 10.5. The Balaban J connectivity index is 1.35. The number of nitrogens with zero attached hydrogens (tertiary/aromatic N) is 5. The monoisotopic (exact) mass is 409 g/mol. The Kier molecular flexibility index (Phi) is 4.98. The Morgan fingerprint density at radius 3 is 2.63 bits per heavy atom. The smallest absolute Gasteiger partial charge is 0.155 e. The minimum Gasteiger partial charge on any atom is -0.369 e. The number of fused-ring (bicyclic) bond motifs is 1. The molecule has 0 N–H and O–H groups in total. The van der Waals surface area contributed by atoms with E-state index in [0.29, 0.717) is 24.0 Å². The molecule has 2 fully saturated rings. The molecule has 0 saturated carbocycles. The maximum atomic E-state index is 13.5. The second-order valence-electron chi connectivity index (χ2n) is 8.36. The number of aromatic nitrogens is 3. The lowest BCUT2D eigenvalue weighted by Gasteiger charge is -2.39. The molecule has 1 aromatic heterocycles. The van der Waals surface area contributed by atoms with E-state index in [1.807, 2.05) is 0 Å². The fourth-order valence-electron chi connectivity index (χ4n) is 4.71. The highest BCUT2D eigenvalue weighted by Crippen LogP contribution is 2.27. The van der Waals surface area contributed by atoms with Crippen LogP contribution in [0.4, 0.5) is 14.5 Å². The van der Waals surface area contributed by atoms with Gasteiger partial charge in [-0.25, -0.2) is 18.4 Å². The van der Waals surface area contributed by atoms with Gasteiger partial charge in [0.25, 0.3) is 0 Å². The molecular formula is C23H25F2N5. The summed E-state index contributed by atoms with van der Waals surface area (Å²) in [5, 5.41) is 4.43. The van der Waals surface area contributed by atoms with Crippen LogP contribution in [0.25, 0.3) is 5.69 Å². The zero-order chi connectivity index (χ0) is 20.7. The van der Waals surface area contributed by atoms with Crippen LogP contribution in [0.3, 0.4) is 0 Å². The fourth-order valence-corrected chi connectivity index (χ4v) is 4.71. The first kappa shape index (κ1) is 19.2. The van der Waals surface area contributed by atoms with Crippen molar-refractivity contribution >= 4 is 5.69 Å². The van der Waals surface area contributed by atoms with Crippen molar-refractivity contribution in [3.63, 3.8) is 0 Å². The summed E-state index contributed by atoms with van der Waals surface area (Å²) in [6.07, 6.45) is 4.67. The van der Waals surface area contributed by atoms with E-state index in [1.165, 1.54) is 53.8 Å². The SMILES string of the molecule is Cc1cc(Cc2ncn(-c3cc(F)cc(F)c3)n2)cc(N2CCN3CCC[C@@H]3C2)c1. The van der Waals surface area contributed by atoms with Gasteiger partial charge in [0.15, 0.2) is 5.82 Å². The van der Waals surface area contributed by atoms with Crippen LogP contribution in [0.1, 0.15) is 29.8 Å². The summed E-state index contributed by atoms with van der Waals surface area (Å²) < 4.78 is 28.4. The van der Waals surface area contributed by atoms with Crippen molar-refractivity contribution in [1.82, 2.24) is 19.7 Å². The molecule has 0 aliphatic carbocycles. The molecule has 0 amide bonds. The van der Waals surface area contributed by atoms with Gasteiger partial charge in [-0.3, -0.25) is 4.90 Å². The van der Waals surface area contributed by atoms with Crippen LogP contribution < -0.4 is 4.90 Å². The van der Waals surface area contributed by atoms with Crippen molar-refractivity contribution in [2.45, 2.75) is 32.2 Å². The van der Waals surface area contributed by atoms with Crippen LogP contribution in [0, 0.1) is 18.6 Å². The molecule has 0 bridgehead atoms. The van der Waals surface area contributed by atoms with Crippen LogP contribution in [-0.4, -0.2) is 51.9 Å². The summed E-state index contributed by atoms with van der Waals surface area (Å²) in [4.78, 5) is 9.45. The second-order valence-corrected chi connectivity index (χ2v) is 8.36. The minimum atomic E-state index is -0.632. The number of aryl methyl sites for hydroxylation is 1. The van der Waals surface area contributed by atoms with Crippen molar-refractivity contribution in [1.29, 1.82) is 0 Å². The normalized spacial score (nSPS) is 19.3. The quantitative estimate of drug-likeness (QED) is 0.658. The number of piperazine rings is 1. The average Bonchev–Trinajstić information content (AvgIpc) is 3.35. The van der Waals surface area contributed by atoms with E-state index in [2.05, 4.69) is 45.0 Å². The van der Waals surface area contributed by atoms with Crippen molar-refractivity contribution in [2.75, 3.05) is 31.1 Å². The number of hydrogen-bond acceptors (Lipinski definition) is 4. The average molecular weight is 409 g/mol. The second kappa shape index (κ2) is 7.80. The molecule has 3 aromatic rings. The lowest BCUT2D eigenvalue weighted by atomic mass is 10.0. The van der Waals surface area contributed by atoms with Gasteiger partial charge < -0.3 is 4.90 Å². The van der Waals surface area contributed by atoms with Gasteiger partial charge in [0.05, 0.1) is 5.69 Å². The summed E-state index contributed by atoms with van der Waals surface area (Å²) in [6.45, 7) is 6.61. The first-order valence-electron chi connectivity index (χ1n) is 10.5. The van der Waals surface area contributed by atoms with Gasteiger partial charge in [0, 0.05) is 43.9 Å². The van der Waals surface area contributed by atoms with E-state index < -0.39 is 11.6 Å². The number of benzene rings is 2. The zero-order valence-corrected chi connectivity index (χ0v) is 17.1. The van der Waals surface area contributed by atoms with Crippen molar-refractivity contribution in [3.8, 4) is 5.69 Å². The molecule has 2 aromatic carbocycles. The maximum Gasteiger partial charge on any atom is 0.155 e. The number of hydrogen-bond donors (Lipinski definition) is 0.